The van der Waals surface area contributed by atoms with E-state index < -0.39 is 58.8 Å². The molecule has 0 aliphatic heterocycles. The summed E-state index contributed by atoms with van der Waals surface area (Å²) >= 11 is 0. The molecule has 4 nitrogen and oxygen atoms in total. The highest BCUT2D eigenvalue weighted by atomic mass is 19.4. The maximum Gasteiger partial charge on any atom is 0.416 e. The van der Waals surface area contributed by atoms with Crippen LogP contribution < -0.4 is 10.4 Å². The first-order valence-electron chi connectivity index (χ1n) is 14.7. The molecule has 1 heterocycles. The van der Waals surface area contributed by atoms with E-state index in [2.05, 4.69) is 0 Å². The third-order valence-electron chi connectivity index (χ3n) is 7.36. The van der Waals surface area contributed by atoms with Crippen LogP contribution in [0.2, 0.25) is 0 Å². The molecule has 1 aliphatic carbocycles. The van der Waals surface area contributed by atoms with Crippen LogP contribution >= 0.6 is 0 Å². The number of fused-ring (bicyclic) bond motifs is 2. The van der Waals surface area contributed by atoms with Gasteiger partial charge < -0.3 is 14.3 Å². The van der Waals surface area contributed by atoms with Gasteiger partial charge in [0, 0.05) is 5.92 Å². The highest BCUT2D eigenvalue weighted by molar-refractivity contribution is 5.84. The molecule has 1 aliphatic rings. The monoisotopic (exact) mass is 546 g/mol. The third-order valence-corrected chi connectivity index (χ3v) is 7.36. The van der Waals surface area contributed by atoms with Crippen LogP contribution in [-0.4, -0.2) is 5.11 Å². The normalized spacial score (nSPS) is 18.4. The van der Waals surface area contributed by atoms with E-state index in [4.69, 9.17) is 14.6 Å². The topological polar surface area (TPSA) is 59.7 Å². The van der Waals surface area contributed by atoms with Gasteiger partial charge in [-0.15, -0.1) is 0 Å². The molecule has 0 fully saturated rings. The quantitative estimate of drug-likeness (QED) is 0.227. The molecule has 40 heavy (non-hydrogen) atoms. The van der Waals surface area contributed by atoms with Crippen molar-refractivity contribution in [1.82, 2.24) is 0 Å². The van der Waals surface area contributed by atoms with Gasteiger partial charge in [-0.3, -0.25) is 0 Å². The van der Waals surface area contributed by atoms with Gasteiger partial charge in [-0.05, 0) is 77.4 Å². The van der Waals surface area contributed by atoms with Gasteiger partial charge in [-0.2, -0.15) is 13.2 Å². The van der Waals surface area contributed by atoms with Crippen LogP contribution in [0.3, 0.4) is 0 Å². The number of alkyl halides is 3. The highest BCUT2D eigenvalue weighted by Crippen LogP contribution is 2.45. The van der Waals surface area contributed by atoms with Crippen molar-refractivity contribution in [3.05, 3.63) is 141 Å². The molecular weight excluding hydrogens is 517 g/mol. The lowest BCUT2D eigenvalue weighted by Gasteiger charge is -2.32. The lowest BCUT2D eigenvalue weighted by molar-refractivity contribution is -0.137. The van der Waals surface area contributed by atoms with Gasteiger partial charge in [-0.25, -0.2) is 4.79 Å². The van der Waals surface area contributed by atoms with Gasteiger partial charge in [0.05, 0.1) is 22.0 Å². The largest absolute Gasteiger partial charge is 0.507 e. The van der Waals surface area contributed by atoms with E-state index in [9.17, 15) is 23.1 Å². The molecule has 0 saturated heterocycles. The second kappa shape index (κ2) is 10.2. The van der Waals surface area contributed by atoms with Crippen molar-refractivity contribution < 1.29 is 32.9 Å². The first kappa shape index (κ1) is 21.3. The summed E-state index contributed by atoms with van der Waals surface area (Å²) < 4.78 is 82.1. The van der Waals surface area contributed by atoms with Crippen molar-refractivity contribution in [2.75, 3.05) is 0 Å². The summed E-state index contributed by atoms with van der Waals surface area (Å²) in [4.78, 5) is 13.3. The van der Waals surface area contributed by atoms with Crippen LogP contribution in [-0.2, 0) is 19.2 Å². The second-order valence-corrected chi connectivity index (χ2v) is 9.80. The number of hydrogen-bond donors (Lipinski definition) is 1. The van der Waals surface area contributed by atoms with Crippen LogP contribution in [0.25, 0.3) is 11.0 Å². The summed E-state index contributed by atoms with van der Waals surface area (Å²) in [5.74, 6) is -0.684. The Hall–Kier alpha value is -4.52. The van der Waals surface area contributed by atoms with E-state index >= 15 is 0 Å². The number of ether oxygens (including phenoxy) is 1. The van der Waals surface area contributed by atoms with E-state index in [1.165, 1.54) is 12.1 Å². The lowest BCUT2D eigenvalue weighted by Crippen LogP contribution is -2.23. The molecule has 0 bridgehead atoms. The van der Waals surface area contributed by atoms with Gasteiger partial charge in [0.15, 0.2) is 0 Å². The average molecular weight is 547 g/mol. The summed E-state index contributed by atoms with van der Waals surface area (Å²) in [5, 5.41) is 11.1. The number of hydrogen-bond acceptors (Lipinski definition) is 4. The molecule has 5 aromatic rings. The number of aromatic hydroxyl groups is 1. The smallest absolute Gasteiger partial charge is 0.416 e. The van der Waals surface area contributed by atoms with Gasteiger partial charge in [0.1, 0.15) is 23.7 Å². The van der Waals surface area contributed by atoms with Crippen molar-refractivity contribution in [2.45, 2.75) is 37.5 Å². The summed E-state index contributed by atoms with van der Waals surface area (Å²) in [5.41, 5.74) is 1.27. The maximum absolute atomic E-state index is 13.3. The predicted molar refractivity (Wildman–Crippen MR) is 146 cm³/mol. The summed E-state index contributed by atoms with van der Waals surface area (Å²) in [6.07, 6.45) is -3.34. The fourth-order valence-electron chi connectivity index (χ4n) is 5.37. The van der Waals surface area contributed by atoms with Crippen molar-refractivity contribution in [3.63, 3.8) is 0 Å². The summed E-state index contributed by atoms with van der Waals surface area (Å²) in [6, 6.07) is 17.5. The molecule has 1 aromatic heterocycles. The molecule has 6 rings (SSSR count). The van der Waals surface area contributed by atoms with E-state index in [1.54, 1.807) is 12.1 Å². The molecule has 202 valence electrons. The van der Waals surface area contributed by atoms with Crippen LogP contribution in [0, 0.1) is 0 Å². The third kappa shape index (κ3) is 4.95. The van der Waals surface area contributed by atoms with Gasteiger partial charge in [0.25, 0.3) is 0 Å². The summed E-state index contributed by atoms with van der Waals surface area (Å²) in [6.45, 7) is 0.0904. The Morgan fingerprint density at radius 3 is 2.45 bits per heavy atom. The van der Waals surface area contributed by atoms with E-state index in [-0.39, 0.29) is 23.5 Å². The molecule has 1 N–H and O–H groups in total. The predicted octanol–water partition coefficient (Wildman–Crippen LogP) is 7.96. The van der Waals surface area contributed by atoms with Gasteiger partial charge in [-0.1, -0.05) is 60.6 Å². The first-order chi connectivity index (χ1) is 20.9. The van der Waals surface area contributed by atoms with Crippen molar-refractivity contribution in [2.24, 2.45) is 0 Å². The molecular formula is C33H25F3O4. The number of halogens is 3. The minimum absolute atomic E-state index is 0.0591. The standard InChI is InChI=1S/C33H25F3O4/c34-33(35,36)24-13-9-20(10-14-24)19-39-25-15-11-21(12-16-25)23-17-22-5-1-2-6-26(22)28(18-23)30-31(37)27-7-3-4-8-29(27)40-32(30)38/h1-16,23,28,37H,17-19H2/i3D,4D,7D,8D. The van der Waals surface area contributed by atoms with Gasteiger partial charge in [0.2, 0.25) is 0 Å². The fraction of sp³-hybridized carbons (Fsp3) is 0.182. The molecule has 0 radical (unpaired) electrons. The number of rotatable bonds is 5. The molecule has 2 atom stereocenters. The van der Waals surface area contributed by atoms with Crippen molar-refractivity contribution in [1.29, 1.82) is 0 Å². The Labute approximate surface area is 233 Å². The van der Waals surface area contributed by atoms with E-state index in [0.29, 0.717) is 24.2 Å². The fourth-order valence-corrected chi connectivity index (χ4v) is 5.37. The minimum Gasteiger partial charge on any atom is -0.507 e. The lowest BCUT2D eigenvalue weighted by atomic mass is 9.72. The second-order valence-electron chi connectivity index (χ2n) is 9.80. The summed E-state index contributed by atoms with van der Waals surface area (Å²) in [7, 11) is 0. The van der Waals surface area contributed by atoms with E-state index in [0.717, 1.165) is 28.8 Å². The Bertz CT molecular complexity index is 1940. The Morgan fingerprint density at radius 1 is 0.975 bits per heavy atom. The first-order valence-corrected chi connectivity index (χ1v) is 12.7. The van der Waals surface area contributed by atoms with Gasteiger partial charge >= 0.3 is 11.8 Å². The molecule has 4 aromatic carbocycles. The molecule has 7 heteroatoms. The Kier molecular flexibility index (Phi) is 5.45. The van der Waals surface area contributed by atoms with Crippen molar-refractivity contribution in [3.8, 4) is 11.5 Å². The Balaban J connectivity index is 1.30. The molecule has 0 amide bonds. The molecule has 0 spiro atoms. The number of benzene rings is 4. The molecule has 2 unspecified atom stereocenters. The van der Waals surface area contributed by atoms with Crippen LogP contribution in [0.4, 0.5) is 13.2 Å². The number of para-hydroxylation sites is 1. The zero-order valence-corrected chi connectivity index (χ0v) is 21.0. The van der Waals surface area contributed by atoms with Crippen molar-refractivity contribution >= 4 is 11.0 Å². The highest BCUT2D eigenvalue weighted by Gasteiger charge is 2.33. The maximum atomic E-state index is 13.3. The zero-order valence-electron chi connectivity index (χ0n) is 25.0. The molecule has 0 saturated carbocycles. The average Bonchev–Trinajstić information content (AvgIpc) is 3.01. The Morgan fingerprint density at radius 2 is 1.70 bits per heavy atom. The SMILES string of the molecule is [2H]c1c([2H])c([2H])c2c(O)c(C3CC(c4ccc(OCc5ccc(C(F)(F)F)cc5)cc4)Cc4ccccc43)c(=O)oc2c1[2H]. The van der Waals surface area contributed by atoms with Crippen LogP contribution in [0.1, 0.15) is 57.1 Å². The van der Waals surface area contributed by atoms with E-state index in [1.807, 2.05) is 36.4 Å². The van der Waals surface area contributed by atoms with Crippen LogP contribution in [0.5, 0.6) is 11.5 Å². The van der Waals surface area contributed by atoms with Crippen LogP contribution in [0.15, 0.2) is 106 Å². The zero-order chi connectivity index (χ0) is 31.3. The minimum atomic E-state index is -4.40.